The van der Waals surface area contributed by atoms with Crippen LogP contribution in [0.2, 0.25) is 0 Å². The summed E-state index contributed by atoms with van der Waals surface area (Å²) in [5.74, 6) is 0. The number of benzene rings is 1. The molecule has 0 fully saturated rings. The molecule has 1 aromatic rings. The fourth-order valence-corrected chi connectivity index (χ4v) is 1.23. The summed E-state index contributed by atoms with van der Waals surface area (Å²) in [4.78, 5) is 2.10. The molecule has 0 saturated heterocycles. The Labute approximate surface area is 86.9 Å². The van der Waals surface area contributed by atoms with Gasteiger partial charge in [0.05, 0.1) is 0 Å². The molecule has 0 aliphatic rings. The molecule has 1 rings (SSSR count). The Bertz CT molecular complexity index is 269. The summed E-state index contributed by atoms with van der Waals surface area (Å²) in [7, 11) is 4.09. The number of rotatable bonds is 5. The van der Waals surface area contributed by atoms with E-state index < -0.39 is 0 Å². The third-order valence-electron chi connectivity index (χ3n) is 2.15. The lowest BCUT2D eigenvalue weighted by molar-refractivity contribution is 0.834. The van der Waals surface area contributed by atoms with Crippen LogP contribution in [0.15, 0.2) is 18.2 Å². The third-order valence-corrected chi connectivity index (χ3v) is 2.15. The molecule has 1 N–H and O–H groups in total. The summed E-state index contributed by atoms with van der Waals surface area (Å²) >= 11 is 0. The van der Waals surface area contributed by atoms with Gasteiger partial charge < -0.3 is 10.2 Å². The van der Waals surface area contributed by atoms with Crippen molar-refractivity contribution in [2.45, 2.75) is 19.8 Å². The van der Waals surface area contributed by atoms with Gasteiger partial charge in [0.1, 0.15) is 0 Å². The van der Waals surface area contributed by atoms with Crippen LogP contribution < -0.4 is 10.2 Å². The van der Waals surface area contributed by atoms with Crippen molar-refractivity contribution in [2.75, 3.05) is 30.9 Å². The van der Waals surface area contributed by atoms with Crippen molar-refractivity contribution in [3.05, 3.63) is 24.3 Å². The van der Waals surface area contributed by atoms with E-state index in [4.69, 9.17) is 0 Å². The number of unbranched alkanes of at least 4 members (excludes halogenated alkanes) is 1. The van der Waals surface area contributed by atoms with E-state index >= 15 is 0 Å². The van der Waals surface area contributed by atoms with Crippen molar-refractivity contribution >= 4 is 11.4 Å². The fraction of sp³-hybridized carbons (Fsp3) is 0.500. The number of anilines is 2. The summed E-state index contributed by atoms with van der Waals surface area (Å²) in [6.07, 6.45) is 2.43. The molecule has 0 atom stereocenters. The highest BCUT2D eigenvalue weighted by molar-refractivity contribution is 5.56. The average Bonchev–Trinajstić information content (AvgIpc) is 2.19. The number of nitrogens with zero attached hydrogens (tertiary/aromatic N) is 1. The smallest absolute Gasteiger partial charge is 0.0441 e. The highest BCUT2D eigenvalue weighted by Crippen LogP contribution is 2.16. The second-order valence-corrected chi connectivity index (χ2v) is 3.64. The zero-order chi connectivity index (χ0) is 10.4. The Morgan fingerprint density at radius 2 is 2.21 bits per heavy atom. The van der Waals surface area contributed by atoms with Crippen LogP contribution in [0.5, 0.6) is 0 Å². The summed E-state index contributed by atoms with van der Waals surface area (Å²) in [6.45, 7) is 3.23. The van der Waals surface area contributed by atoms with Gasteiger partial charge in [-0.05, 0) is 18.6 Å². The molecule has 0 aliphatic heterocycles. The molecule has 77 valence electrons. The Morgan fingerprint density at radius 1 is 1.43 bits per heavy atom. The first-order valence-electron chi connectivity index (χ1n) is 5.17. The van der Waals surface area contributed by atoms with Gasteiger partial charge in [0.2, 0.25) is 0 Å². The molecule has 2 heteroatoms. The summed E-state index contributed by atoms with van der Waals surface area (Å²) in [5.41, 5.74) is 2.30. The van der Waals surface area contributed by atoms with Crippen LogP contribution in [0.25, 0.3) is 0 Å². The predicted molar refractivity (Wildman–Crippen MR) is 63.0 cm³/mol. The van der Waals surface area contributed by atoms with E-state index in [0.29, 0.717) is 0 Å². The number of nitrogens with one attached hydrogen (secondary N) is 1. The van der Waals surface area contributed by atoms with Crippen LogP contribution in [0.4, 0.5) is 11.4 Å². The van der Waals surface area contributed by atoms with Crippen LogP contribution in [0.3, 0.4) is 0 Å². The lowest BCUT2D eigenvalue weighted by atomic mass is 10.2. The van der Waals surface area contributed by atoms with Crippen LogP contribution in [-0.4, -0.2) is 20.6 Å². The quantitative estimate of drug-likeness (QED) is 0.720. The van der Waals surface area contributed by atoms with E-state index in [1.54, 1.807) is 0 Å². The van der Waals surface area contributed by atoms with Crippen molar-refractivity contribution in [1.29, 1.82) is 0 Å². The normalized spacial score (nSPS) is 9.93. The average molecular weight is 191 g/mol. The van der Waals surface area contributed by atoms with Crippen LogP contribution in [-0.2, 0) is 0 Å². The Hall–Kier alpha value is -1.18. The molecule has 1 radical (unpaired) electrons. The van der Waals surface area contributed by atoms with E-state index in [0.717, 1.165) is 12.2 Å². The Morgan fingerprint density at radius 3 is 2.86 bits per heavy atom. The lowest BCUT2D eigenvalue weighted by Gasteiger charge is -2.14. The van der Waals surface area contributed by atoms with Crippen molar-refractivity contribution in [2.24, 2.45) is 0 Å². The summed E-state index contributed by atoms with van der Waals surface area (Å²) in [5, 5.41) is 3.36. The van der Waals surface area contributed by atoms with Gasteiger partial charge in [-0.3, -0.25) is 0 Å². The van der Waals surface area contributed by atoms with Crippen LogP contribution in [0, 0.1) is 6.07 Å². The Kier molecular flexibility index (Phi) is 4.30. The molecular weight excluding hydrogens is 172 g/mol. The van der Waals surface area contributed by atoms with Crippen molar-refractivity contribution in [3.8, 4) is 0 Å². The van der Waals surface area contributed by atoms with Crippen molar-refractivity contribution < 1.29 is 0 Å². The molecule has 0 unspecified atom stereocenters. The molecule has 0 bridgehead atoms. The van der Waals surface area contributed by atoms with Gasteiger partial charge >= 0.3 is 0 Å². The maximum Gasteiger partial charge on any atom is 0.0441 e. The van der Waals surface area contributed by atoms with Crippen molar-refractivity contribution in [1.82, 2.24) is 0 Å². The first kappa shape index (κ1) is 10.9. The van der Waals surface area contributed by atoms with Gasteiger partial charge in [-0.1, -0.05) is 19.4 Å². The second kappa shape index (κ2) is 5.53. The Balaban J connectivity index is 2.55. The zero-order valence-electron chi connectivity index (χ0n) is 9.30. The van der Waals surface area contributed by atoms with E-state index in [1.165, 1.54) is 18.5 Å². The van der Waals surface area contributed by atoms with Crippen LogP contribution in [0.1, 0.15) is 19.8 Å². The lowest BCUT2D eigenvalue weighted by Crippen LogP contribution is -2.09. The SMILES string of the molecule is CCCCNc1[c]ccc(N(C)C)c1. The first-order chi connectivity index (χ1) is 6.74. The minimum Gasteiger partial charge on any atom is -0.384 e. The summed E-state index contributed by atoms with van der Waals surface area (Å²) in [6, 6.07) is 9.33. The van der Waals surface area contributed by atoms with E-state index in [2.05, 4.69) is 35.3 Å². The largest absolute Gasteiger partial charge is 0.384 e. The molecule has 0 saturated carbocycles. The third kappa shape index (κ3) is 3.29. The van der Waals surface area contributed by atoms with E-state index in [9.17, 15) is 0 Å². The van der Waals surface area contributed by atoms with Gasteiger partial charge in [0.25, 0.3) is 0 Å². The minimum absolute atomic E-state index is 1.03. The monoisotopic (exact) mass is 191 g/mol. The summed E-state index contributed by atoms with van der Waals surface area (Å²) < 4.78 is 0. The maximum atomic E-state index is 3.36. The standard InChI is InChI=1S/C12H19N2/c1-4-5-9-13-11-7-6-8-12(10-11)14(2)3/h6,8,10,13H,4-5,9H2,1-3H3. The maximum absolute atomic E-state index is 3.36. The number of hydrogen-bond donors (Lipinski definition) is 1. The molecular formula is C12H19N2. The fourth-order valence-electron chi connectivity index (χ4n) is 1.23. The molecule has 0 amide bonds. The van der Waals surface area contributed by atoms with Gasteiger partial charge in [-0.25, -0.2) is 0 Å². The van der Waals surface area contributed by atoms with Gasteiger partial charge in [-0.15, -0.1) is 0 Å². The molecule has 0 aromatic heterocycles. The van der Waals surface area contributed by atoms with E-state index in [1.807, 2.05) is 20.2 Å². The molecule has 2 nitrogen and oxygen atoms in total. The zero-order valence-corrected chi connectivity index (χ0v) is 9.30. The topological polar surface area (TPSA) is 15.3 Å². The van der Waals surface area contributed by atoms with Gasteiger partial charge in [-0.2, -0.15) is 0 Å². The van der Waals surface area contributed by atoms with Crippen molar-refractivity contribution in [3.63, 3.8) is 0 Å². The predicted octanol–water partition coefficient (Wildman–Crippen LogP) is 2.76. The molecule has 0 spiro atoms. The molecule has 0 heterocycles. The first-order valence-corrected chi connectivity index (χ1v) is 5.17. The molecule has 1 aromatic carbocycles. The second-order valence-electron chi connectivity index (χ2n) is 3.64. The molecule has 0 aliphatic carbocycles. The number of hydrogen-bond acceptors (Lipinski definition) is 2. The van der Waals surface area contributed by atoms with Gasteiger partial charge in [0, 0.05) is 38.1 Å². The minimum atomic E-state index is 1.03. The van der Waals surface area contributed by atoms with Gasteiger partial charge in [0.15, 0.2) is 0 Å². The van der Waals surface area contributed by atoms with E-state index in [-0.39, 0.29) is 0 Å². The van der Waals surface area contributed by atoms with Crippen LogP contribution >= 0.6 is 0 Å². The highest BCUT2D eigenvalue weighted by Gasteiger charge is 1.96. The molecule has 14 heavy (non-hydrogen) atoms. The highest BCUT2D eigenvalue weighted by atomic mass is 15.1.